The van der Waals surface area contributed by atoms with Crippen LogP contribution >= 0.6 is 23.5 Å². The fraction of sp³-hybridized carbons (Fsp3) is 0. The molecule has 0 saturated carbocycles. The van der Waals surface area contributed by atoms with Crippen LogP contribution in [0.4, 0.5) is 0 Å². The molecule has 0 aromatic rings. The van der Waals surface area contributed by atoms with Crippen molar-refractivity contribution in [2.24, 2.45) is 0 Å². The normalized spacial score (nSPS) is 13.5. The van der Waals surface area contributed by atoms with E-state index in [1.807, 2.05) is 0 Å². The number of rotatable bonds is 4. The largest absolute Gasteiger partial charge is 0.490 e. The van der Waals surface area contributed by atoms with Crippen molar-refractivity contribution in [1.82, 2.24) is 0 Å². The fourth-order valence-electron chi connectivity index (χ4n) is 0.284. The first kappa shape index (κ1) is 16.8. The number of phosphoric acid groups is 3. The Hall–Kier alpha value is 0.370. The molecule has 0 aromatic heterocycles. The van der Waals surface area contributed by atoms with E-state index in [9.17, 15) is 13.7 Å². The Labute approximate surface area is 76.7 Å². The van der Waals surface area contributed by atoms with Gasteiger partial charge in [-0.15, -0.1) is 0 Å². The van der Waals surface area contributed by atoms with Gasteiger partial charge < -0.3 is 29.9 Å². The Balaban J connectivity index is 0. The van der Waals surface area contributed by atoms with E-state index < -0.39 is 23.5 Å². The summed E-state index contributed by atoms with van der Waals surface area (Å²) in [5.41, 5.74) is 0. The molecule has 0 aromatic carbocycles. The first-order chi connectivity index (χ1) is 5.41. The zero-order valence-electron chi connectivity index (χ0n) is 6.12. The fourth-order valence-corrected chi connectivity index (χ4v) is 2.82. The van der Waals surface area contributed by atoms with Gasteiger partial charge in [-0.25, -0.2) is 13.7 Å². The van der Waals surface area contributed by atoms with Crippen LogP contribution in [-0.2, 0) is 22.3 Å². The summed E-state index contributed by atoms with van der Waals surface area (Å²) in [5.74, 6) is 0. The molecule has 0 saturated heterocycles. The summed E-state index contributed by atoms with van der Waals surface area (Å²) in [5, 5.41) is 0. The van der Waals surface area contributed by atoms with Crippen LogP contribution in [0.3, 0.4) is 0 Å². The van der Waals surface area contributed by atoms with Crippen molar-refractivity contribution in [3.8, 4) is 0 Å². The quantitative estimate of drug-likeness (QED) is 0.375. The maximum absolute atomic E-state index is 10.4. The lowest BCUT2D eigenvalue weighted by atomic mass is 15.7. The van der Waals surface area contributed by atoms with Gasteiger partial charge in [0.25, 0.3) is 0 Å². The molecule has 0 aliphatic heterocycles. The van der Waals surface area contributed by atoms with Crippen LogP contribution in [0.25, 0.3) is 0 Å². The highest BCUT2D eigenvalue weighted by Crippen LogP contribution is 2.64. The molecule has 14 heavy (non-hydrogen) atoms. The summed E-state index contributed by atoms with van der Waals surface area (Å²) in [6.45, 7) is 0. The van der Waals surface area contributed by atoms with Crippen molar-refractivity contribution in [1.29, 1.82) is 0 Å². The molecule has 14 heteroatoms. The molecule has 0 aliphatic carbocycles. The van der Waals surface area contributed by atoms with Crippen LogP contribution in [0.15, 0.2) is 0 Å². The average Bonchev–Trinajstić information content (AvgIpc) is 1.43. The lowest BCUT2D eigenvalue weighted by Crippen LogP contribution is -1.91. The molecule has 0 radical (unpaired) electrons. The van der Waals surface area contributed by atoms with Gasteiger partial charge in [0.05, 0.1) is 0 Å². The van der Waals surface area contributed by atoms with Crippen LogP contribution in [0, 0.1) is 0 Å². The van der Waals surface area contributed by atoms with Crippen molar-refractivity contribution in [3.05, 3.63) is 0 Å². The van der Waals surface area contributed by atoms with Gasteiger partial charge in [-0.05, 0) is 0 Å². The molecule has 88 valence electrons. The van der Waals surface area contributed by atoms with Gasteiger partial charge in [0.15, 0.2) is 0 Å². The van der Waals surface area contributed by atoms with Crippen molar-refractivity contribution < 1.29 is 52.3 Å². The molecular formula is H7O11P3. The van der Waals surface area contributed by atoms with Gasteiger partial charge in [0.1, 0.15) is 0 Å². The Morgan fingerprint density at radius 1 is 0.714 bits per heavy atom. The molecule has 7 N–H and O–H groups in total. The lowest BCUT2D eigenvalue weighted by Gasteiger charge is -2.11. The third kappa shape index (κ3) is 10.5. The third-order valence-corrected chi connectivity index (χ3v) is 3.77. The molecule has 0 amide bonds. The van der Waals surface area contributed by atoms with E-state index in [2.05, 4.69) is 8.62 Å². The van der Waals surface area contributed by atoms with E-state index in [1.54, 1.807) is 0 Å². The Morgan fingerprint density at radius 3 is 1.07 bits per heavy atom. The van der Waals surface area contributed by atoms with Crippen LogP contribution < -0.4 is 0 Å². The lowest BCUT2D eigenvalue weighted by molar-refractivity contribution is 0.204. The Morgan fingerprint density at radius 2 is 0.929 bits per heavy atom. The van der Waals surface area contributed by atoms with Crippen LogP contribution in [-0.4, -0.2) is 29.9 Å². The maximum Gasteiger partial charge on any atom is 0.490 e. The van der Waals surface area contributed by atoms with E-state index in [0.717, 1.165) is 0 Å². The monoisotopic (exact) mass is 276 g/mol. The SMILES string of the molecule is O.O=P(O)(O)OP(=O)(O)OP(=O)(O)O. The molecule has 0 aliphatic rings. The summed E-state index contributed by atoms with van der Waals surface area (Å²) in [6.07, 6.45) is 0. The van der Waals surface area contributed by atoms with E-state index in [0.29, 0.717) is 0 Å². The van der Waals surface area contributed by atoms with Gasteiger partial charge in [0, 0.05) is 0 Å². The van der Waals surface area contributed by atoms with E-state index in [4.69, 9.17) is 24.5 Å². The van der Waals surface area contributed by atoms with Gasteiger partial charge >= 0.3 is 23.5 Å². The molecule has 0 fully saturated rings. The van der Waals surface area contributed by atoms with Crippen molar-refractivity contribution in [2.45, 2.75) is 0 Å². The minimum Gasteiger partial charge on any atom is -0.412 e. The first-order valence-corrected chi connectivity index (χ1v) is 6.83. The minimum atomic E-state index is -5.46. The predicted octanol–water partition coefficient (Wildman–Crippen LogP) is -1.52. The molecule has 0 bridgehead atoms. The summed E-state index contributed by atoms with van der Waals surface area (Å²) >= 11 is 0. The van der Waals surface area contributed by atoms with E-state index in [-0.39, 0.29) is 5.48 Å². The van der Waals surface area contributed by atoms with Crippen LogP contribution in [0.5, 0.6) is 0 Å². The first-order valence-electron chi connectivity index (χ1n) is 2.28. The molecule has 0 spiro atoms. The number of hydrogen-bond acceptors (Lipinski definition) is 5. The minimum absolute atomic E-state index is 0. The number of hydrogen-bond donors (Lipinski definition) is 5. The summed E-state index contributed by atoms with van der Waals surface area (Å²) in [6, 6.07) is 0. The highest BCUT2D eigenvalue weighted by molar-refractivity contribution is 7.66. The van der Waals surface area contributed by atoms with E-state index >= 15 is 0 Å². The molecular weight excluding hydrogens is 269 g/mol. The third-order valence-electron chi connectivity index (χ3n) is 0.419. The van der Waals surface area contributed by atoms with Crippen LogP contribution in [0.1, 0.15) is 0 Å². The summed E-state index contributed by atoms with van der Waals surface area (Å²) in [7, 11) is -16.2. The topological polar surface area (TPSA) is 202 Å². The van der Waals surface area contributed by atoms with Crippen LogP contribution in [0.2, 0.25) is 0 Å². The second-order valence-corrected chi connectivity index (χ2v) is 5.82. The molecule has 11 nitrogen and oxygen atoms in total. The molecule has 0 atom stereocenters. The molecule has 0 heterocycles. The predicted molar refractivity (Wildman–Crippen MR) is 39.7 cm³/mol. The average molecular weight is 276 g/mol. The standard InChI is InChI=1S/H5O10P3.H2O/c1-11(2,3)9-13(7,8)10-12(4,5)6;/h(H,7,8)(H2,1,2,3)(H2,4,5,6);1H2. The zero-order chi connectivity index (χ0) is 10.9. The van der Waals surface area contributed by atoms with Crippen molar-refractivity contribution in [2.75, 3.05) is 0 Å². The van der Waals surface area contributed by atoms with Gasteiger partial charge in [0.2, 0.25) is 0 Å². The maximum atomic E-state index is 10.4. The van der Waals surface area contributed by atoms with Gasteiger partial charge in [-0.3, -0.25) is 0 Å². The summed E-state index contributed by atoms with van der Waals surface area (Å²) < 4.78 is 36.4. The highest BCUT2D eigenvalue weighted by Gasteiger charge is 2.38. The molecule has 0 unspecified atom stereocenters. The van der Waals surface area contributed by atoms with Gasteiger partial charge in [-0.1, -0.05) is 0 Å². The molecule has 0 rings (SSSR count). The Bertz CT molecular complexity index is 272. The second kappa shape index (κ2) is 4.93. The van der Waals surface area contributed by atoms with Gasteiger partial charge in [-0.2, -0.15) is 8.62 Å². The smallest absolute Gasteiger partial charge is 0.412 e. The van der Waals surface area contributed by atoms with E-state index in [1.165, 1.54) is 0 Å². The second-order valence-electron chi connectivity index (χ2n) is 1.61. The zero-order valence-corrected chi connectivity index (χ0v) is 8.80. The summed E-state index contributed by atoms with van der Waals surface area (Å²) in [4.78, 5) is 40.2. The van der Waals surface area contributed by atoms with Crippen molar-refractivity contribution >= 4 is 23.5 Å². The Kier molecular flexibility index (Phi) is 5.91. The highest BCUT2D eigenvalue weighted by atomic mass is 31.3. The van der Waals surface area contributed by atoms with Crippen molar-refractivity contribution in [3.63, 3.8) is 0 Å².